The molecule has 0 spiro atoms. The van der Waals surface area contributed by atoms with Crippen molar-refractivity contribution in [2.45, 2.75) is 25.8 Å². The maximum Gasteiger partial charge on any atom is 0.326 e. The molecule has 0 aliphatic carbocycles. The highest BCUT2D eigenvalue weighted by Gasteiger charge is 2.35. The van der Waals surface area contributed by atoms with Crippen LogP contribution in [0.3, 0.4) is 0 Å². The van der Waals surface area contributed by atoms with E-state index >= 15 is 0 Å². The summed E-state index contributed by atoms with van der Waals surface area (Å²) in [6.45, 7) is 2.54. The minimum Gasteiger partial charge on any atom is -0.480 e. The molecule has 22 heavy (non-hydrogen) atoms. The number of carboxylic acids is 1. The van der Waals surface area contributed by atoms with Crippen LogP contribution in [0.25, 0.3) is 10.9 Å². The number of aryl methyl sites for hydroxylation is 1. The zero-order chi connectivity index (χ0) is 15.9. The van der Waals surface area contributed by atoms with Gasteiger partial charge < -0.3 is 14.6 Å². The van der Waals surface area contributed by atoms with Crippen molar-refractivity contribution in [3.8, 4) is 0 Å². The van der Waals surface area contributed by atoms with E-state index in [2.05, 4.69) is 0 Å². The number of benzene rings is 1. The standard InChI is InChI=1S/C17H20N2O3/c1-11-7-8-19(15(9-11)17(21)22)16(20)13-10-18(2)14-6-4-3-5-12(13)14/h3-6,10-11,15H,7-9H2,1-2H3,(H,21,22). The second-order valence-electron chi connectivity index (χ2n) is 6.15. The molecule has 0 saturated carbocycles. The predicted molar refractivity (Wildman–Crippen MR) is 83.8 cm³/mol. The lowest BCUT2D eigenvalue weighted by Gasteiger charge is -2.35. The molecule has 3 rings (SSSR count). The molecular weight excluding hydrogens is 280 g/mol. The first-order valence-corrected chi connectivity index (χ1v) is 7.57. The van der Waals surface area contributed by atoms with Crippen LogP contribution >= 0.6 is 0 Å². The molecule has 116 valence electrons. The topological polar surface area (TPSA) is 62.5 Å². The second kappa shape index (κ2) is 5.48. The van der Waals surface area contributed by atoms with Gasteiger partial charge in [0.25, 0.3) is 5.91 Å². The van der Waals surface area contributed by atoms with Crippen LogP contribution in [0.15, 0.2) is 30.5 Å². The molecule has 1 aromatic heterocycles. The highest BCUT2D eigenvalue weighted by molar-refractivity contribution is 6.07. The van der Waals surface area contributed by atoms with Crippen molar-refractivity contribution in [2.24, 2.45) is 13.0 Å². The number of aromatic nitrogens is 1. The van der Waals surface area contributed by atoms with Gasteiger partial charge in [-0.3, -0.25) is 4.79 Å². The Kier molecular flexibility index (Phi) is 3.64. The third-order valence-electron chi connectivity index (χ3n) is 4.54. The molecule has 2 aromatic rings. The van der Waals surface area contributed by atoms with Crippen LogP contribution in [0, 0.1) is 5.92 Å². The zero-order valence-electron chi connectivity index (χ0n) is 12.8. The Morgan fingerprint density at radius 3 is 2.73 bits per heavy atom. The number of carbonyl (C=O) groups is 2. The number of likely N-dealkylation sites (tertiary alicyclic amines) is 1. The number of hydrogen-bond donors (Lipinski definition) is 1. The lowest BCUT2D eigenvalue weighted by Crippen LogP contribution is -2.49. The molecule has 5 heteroatoms. The number of rotatable bonds is 2. The molecule has 1 saturated heterocycles. The Hall–Kier alpha value is -2.30. The fourth-order valence-corrected chi connectivity index (χ4v) is 3.29. The summed E-state index contributed by atoms with van der Waals surface area (Å²) in [5.41, 5.74) is 1.56. The minimum atomic E-state index is -0.917. The largest absolute Gasteiger partial charge is 0.480 e. The number of nitrogens with zero attached hydrogens (tertiary/aromatic N) is 2. The normalized spacial score (nSPS) is 22.0. The number of fused-ring (bicyclic) bond motifs is 1. The van der Waals surface area contributed by atoms with Gasteiger partial charge >= 0.3 is 5.97 Å². The fourth-order valence-electron chi connectivity index (χ4n) is 3.29. The third-order valence-corrected chi connectivity index (χ3v) is 4.54. The molecule has 0 bridgehead atoms. The van der Waals surface area contributed by atoms with Crippen molar-refractivity contribution in [3.05, 3.63) is 36.0 Å². The van der Waals surface area contributed by atoms with E-state index in [4.69, 9.17) is 0 Å². The maximum atomic E-state index is 12.9. The molecule has 2 unspecified atom stereocenters. The monoisotopic (exact) mass is 300 g/mol. The van der Waals surface area contributed by atoms with E-state index in [-0.39, 0.29) is 5.91 Å². The Morgan fingerprint density at radius 1 is 1.27 bits per heavy atom. The van der Waals surface area contributed by atoms with Crippen molar-refractivity contribution < 1.29 is 14.7 Å². The molecule has 1 aliphatic heterocycles. The molecule has 2 atom stereocenters. The average molecular weight is 300 g/mol. The lowest BCUT2D eigenvalue weighted by atomic mass is 9.92. The molecular formula is C17H20N2O3. The highest BCUT2D eigenvalue weighted by Crippen LogP contribution is 2.27. The summed E-state index contributed by atoms with van der Waals surface area (Å²) in [6, 6.07) is 6.96. The van der Waals surface area contributed by atoms with Gasteiger partial charge in [0.15, 0.2) is 0 Å². The van der Waals surface area contributed by atoms with Crippen molar-refractivity contribution in [2.75, 3.05) is 6.54 Å². The van der Waals surface area contributed by atoms with Gasteiger partial charge in [-0.2, -0.15) is 0 Å². The first kappa shape index (κ1) is 14.6. The number of aliphatic carboxylic acids is 1. The molecule has 1 N–H and O–H groups in total. The van der Waals surface area contributed by atoms with E-state index in [0.29, 0.717) is 24.4 Å². The van der Waals surface area contributed by atoms with Gasteiger partial charge in [0.1, 0.15) is 6.04 Å². The zero-order valence-corrected chi connectivity index (χ0v) is 12.8. The second-order valence-corrected chi connectivity index (χ2v) is 6.15. The van der Waals surface area contributed by atoms with E-state index in [9.17, 15) is 14.7 Å². The van der Waals surface area contributed by atoms with E-state index in [1.165, 1.54) is 4.90 Å². The molecule has 1 fully saturated rings. The van der Waals surface area contributed by atoms with Gasteiger partial charge in [-0.25, -0.2) is 4.79 Å². The molecule has 2 heterocycles. The van der Waals surface area contributed by atoms with E-state index < -0.39 is 12.0 Å². The van der Waals surface area contributed by atoms with Crippen molar-refractivity contribution in [3.63, 3.8) is 0 Å². The fraction of sp³-hybridized carbons (Fsp3) is 0.412. The average Bonchev–Trinajstić information content (AvgIpc) is 2.84. The van der Waals surface area contributed by atoms with Gasteiger partial charge in [-0.1, -0.05) is 25.1 Å². The maximum absolute atomic E-state index is 12.9. The van der Waals surface area contributed by atoms with E-state index in [1.807, 2.05) is 42.8 Å². The summed E-state index contributed by atoms with van der Waals surface area (Å²) >= 11 is 0. The highest BCUT2D eigenvalue weighted by atomic mass is 16.4. The number of para-hydroxylation sites is 1. The van der Waals surface area contributed by atoms with Gasteiger partial charge in [-0.05, 0) is 24.8 Å². The summed E-state index contributed by atoms with van der Waals surface area (Å²) in [7, 11) is 1.89. The summed E-state index contributed by atoms with van der Waals surface area (Å²) in [5, 5.41) is 10.3. The summed E-state index contributed by atoms with van der Waals surface area (Å²) < 4.78 is 1.91. The SMILES string of the molecule is CC1CCN(C(=O)c2cn(C)c3ccccc23)C(C(=O)O)C1. The molecule has 1 amide bonds. The molecule has 1 aromatic carbocycles. The number of carboxylic acid groups (broad SMARTS) is 1. The third kappa shape index (κ3) is 2.36. The molecule has 5 nitrogen and oxygen atoms in total. The number of piperidine rings is 1. The van der Waals surface area contributed by atoms with Crippen LogP contribution in [0.1, 0.15) is 30.1 Å². The lowest BCUT2D eigenvalue weighted by molar-refractivity contribution is -0.144. The molecule has 1 aliphatic rings. The van der Waals surface area contributed by atoms with Crippen LogP contribution in [0.2, 0.25) is 0 Å². The molecule has 0 radical (unpaired) electrons. The van der Waals surface area contributed by atoms with Gasteiger partial charge in [0, 0.05) is 30.7 Å². The predicted octanol–water partition coefficient (Wildman–Crippen LogP) is 2.50. The van der Waals surface area contributed by atoms with Crippen molar-refractivity contribution in [1.82, 2.24) is 9.47 Å². The van der Waals surface area contributed by atoms with Crippen LogP contribution < -0.4 is 0 Å². The Labute approximate surface area is 129 Å². The van der Waals surface area contributed by atoms with Crippen LogP contribution in [-0.4, -0.2) is 39.0 Å². The summed E-state index contributed by atoms with van der Waals surface area (Å²) in [5.74, 6) is -0.770. The van der Waals surface area contributed by atoms with Crippen molar-refractivity contribution >= 4 is 22.8 Å². The van der Waals surface area contributed by atoms with Crippen LogP contribution in [0.5, 0.6) is 0 Å². The smallest absolute Gasteiger partial charge is 0.326 e. The van der Waals surface area contributed by atoms with Gasteiger partial charge in [-0.15, -0.1) is 0 Å². The van der Waals surface area contributed by atoms with E-state index in [1.54, 1.807) is 6.20 Å². The number of hydrogen-bond acceptors (Lipinski definition) is 2. The Morgan fingerprint density at radius 2 is 2.00 bits per heavy atom. The van der Waals surface area contributed by atoms with Crippen LogP contribution in [-0.2, 0) is 11.8 Å². The van der Waals surface area contributed by atoms with E-state index in [0.717, 1.165) is 17.3 Å². The van der Waals surface area contributed by atoms with Crippen LogP contribution in [0.4, 0.5) is 0 Å². The quantitative estimate of drug-likeness (QED) is 0.927. The summed E-state index contributed by atoms with van der Waals surface area (Å²) in [6.07, 6.45) is 3.16. The Bertz CT molecular complexity index is 735. The number of carbonyl (C=O) groups excluding carboxylic acids is 1. The van der Waals surface area contributed by atoms with Crippen molar-refractivity contribution in [1.29, 1.82) is 0 Å². The van der Waals surface area contributed by atoms with Gasteiger partial charge in [0.05, 0.1) is 5.56 Å². The number of amides is 1. The first-order valence-electron chi connectivity index (χ1n) is 7.57. The van der Waals surface area contributed by atoms with Gasteiger partial charge in [0.2, 0.25) is 0 Å². The minimum absolute atomic E-state index is 0.184. The summed E-state index contributed by atoms with van der Waals surface area (Å²) in [4.78, 5) is 25.9. The first-order chi connectivity index (χ1) is 10.5. The Balaban J connectivity index is 1.99.